The van der Waals surface area contributed by atoms with E-state index in [1.165, 1.54) is 37.4 Å². The number of carbonyl (C=O) groups excluding carboxylic acids is 2. The van der Waals surface area contributed by atoms with Gasteiger partial charge < -0.3 is 25.6 Å². The first-order valence-corrected chi connectivity index (χ1v) is 13.5. The van der Waals surface area contributed by atoms with Crippen molar-refractivity contribution in [3.05, 3.63) is 5.76 Å². The van der Waals surface area contributed by atoms with Crippen molar-refractivity contribution in [2.24, 2.45) is 23.5 Å². The zero-order valence-electron chi connectivity index (χ0n) is 21.5. The van der Waals surface area contributed by atoms with Crippen molar-refractivity contribution in [3.63, 3.8) is 0 Å². The van der Waals surface area contributed by atoms with Gasteiger partial charge in [-0.05, 0) is 69.4 Å². The smallest absolute Gasteiger partial charge is 0.291 e. The van der Waals surface area contributed by atoms with Gasteiger partial charge in [-0.25, -0.2) is 0 Å². The molecule has 2 saturated carbocycles. The van der Waals surface area contributed by atoms with Crippen LogP contribution in [0.2, 0.25) is 0 Å². The van der Waals surface area contributed by atoms with Gasteiger partial charge in [0.2, 0.25) is 11.7 Å². The Bertz CT molecular complexity index is 854. The summed E-state index contributed by atoms with van der Waals surface area (Å²) in [5, 5.41) is 10.4. The Hall–Kier alpha value is -1.74. The molecule has 0 aliphatic heterocycles. The first-order valence-electron chi connectivity index (χ1n) is 12.6. The molecular formula is C25H42N4O4S. The fourth-order valence-corrected chi connectivity index (χ4v) is 6.13. The lowest BCUT2D eigenvalue weighted by Gasteiger charge is -2.35. The van der Waals surface area contributed by atoms with Crippen molar-refractivity contribution < 1.29 is 18.8 Å². The van der Waals surface area contributed by atoms with Crippen LogP contribution in [0.15, 0.2) is 9.42 Å². The monoisotopic (exact) mass is 494 g/mol. The summed E-state index contributed by atoms with van der Waals surface area (Å²) in [4.78, 5) is 25.9. The molecule has 1 heterocycles. The average molecular weight is 495 g/mol. The van der Waals surface area contributed by atoms with Gasteiger partial charge in [0.05, 0.1) is 11.6 Å². The minimum Gasteiger partial charge on any atom is -0.472 e. The molecule has 8 nitrogen and oxygen atoms in total. The third-order valence-corrected chi connectivity index (χ3v) is 7.78. The summed E-state index contributed by atoms with van der Waals surface area (Å²) < 4.78 is 11.5. The van der Waals surface area contributed by atoms with Gasteiger partial charge in [0, 0.05) is 11.3 Å². The molecule has 1 aromatic heterocycles. The predicted octanol–water partition coefficient (Wildman–Crippen LogP) is 4.13. The summed E-state index contributed by atoms with van der Waals surface area (Å²) in [5.41, 5.74) is 5.00. The number of thioether (sulfide) groups is 1. The molecule has 2 bridgehead atoms. The van der Waals surface area contributed by atoms with E-state index >= 15 is 0 Å². The Morgan fingerprint density at radius 2 is 1.97 bits per heavy atom. The van der Waals surface area contributed by atoms with Crippen LogP contribution in [0.5, 0.6) is 5.88 Å². The molecule has 192 valence electrons. The van der Waals surface area contributed by atoms with Crippen LogP contribution in [0.3, 0.4) is 0 Å². The quantitative estimate of drug-likeness (QED) is 0.442. The summed E-state index contributed by atoms with van der Waals surface area (Å²) in [6, 6.07) is -0.445. The fraction of sp³-hybridized carbons (Fsp3) is 0.800. The summed E-state index contributed by atoms with van der Waals surface area (Å²) in [6.07, 6.45) is 7.11. The lowest BCUT2D eigenvalue weighted by atomic mass is 9.74. The summed E-state index contributed by atoms with van der Waals surface area (Å²) in [6.45, 7) is 11.9. The molecule has 2 amide bonds. The summed E-state index contributed by atoms with van der Waals surface area (Å²) >= 11 is 1.49. The number of rotatable bonds is 9. The molecule has 1 aromatic rings. The lowest BCUT2D eigenvalue weighted by molar-refractivity contribution is -0.123. The molecule has 9 heteroatoms. The molecule has 34 heavy (non-hydrogen) atoms. The van der Waals surface area contributed by atoms with Crippen LogP contribution in [-0.4, -0.2) is 46.5 Å². The number of nitrogens with two attached hydrogens (primary N) is 1. The summed E-state index contributed by atoms with van der Waals surface area (Å²) in [5.74, 6) is 2.03. The lowest BCUT2D eigenvalue weighted by Crippen LogP contribution is -2.52. The van der Waals surface area contributed by atoms with E-state index in [-0.39, 0.29) is 41.4 Å². The first kappa shape index (κ1) is 26.9. The van der Waals surface area contributed by atoms with Crippen LogP contribution >= 0.6 is 11.8 Å². The molecular weight excluding hydrogens is 452 g/mol. The van der Waals surface area contributed by atoms with E-state index in [2.05, 4.69) is 22.7 Å². The zero-order valence-corrected chi connectivity index (χ0v) is 22.3. The van der Waals surface area contributed by atoms with Gasteiger partial charge in [-0.2, -0.15) is 0 Å². The maximum Gasteiger partial charge on any atom is 0.291 e. The standard InChI is InChI=1S/C25H42N4O4S/c1-14(2)34-21-20(33-29-24(21)32-13-25(5,6)28-22(30)16(4)26)23(31)27-19-9-7-8-17-10-15(3)11-18(19)12-17/h14-19H,7-13,26H2,1-6H3,(H,27,31)(H,28,30). The van der Waals surface area contributed by atoms with Crippen molar-refractivity contribution in [3.8, 4) is 5.88 Å². The van der Waals surface area contributed by atoms with Gasteiger partial charge in [-0.1, -0.05) is 33.6 Å². The van der Waals surface area contributed by atoms with Crippen molar-refractivity contribution in [2.45, 2.75) is 108 Å². The Morgan fingerprint density at radius 3 is 2.65 bits per heavy atom. The molecule has 0 radical (unpaired) electrons. The van der Waals surface area contributed by atoms with E-state index in [1.807, 2.05) is 27.7 Å². The molecule has 0 spiro atoms. The van der Waals surface area contributed by atoms with Crippen molar-refractivity contribution >= 4 is 23.6 Å². The van der Waals surface area contributed by atoms with Crippen molar-refractivity contribution in [1.82, 2.24) is 15.8 Å². The van der Waals surface area contributed by atoms with E-state index in [0.717, 1.165) is 18.8 Å². The predicted molar refractivity (Wildman–Crippen MR) is 134 cm³/mol. The van der Waals surface area contributed by atoms with Gasteiger partial charge in [0.25, 0.3) is 11.8 Å². The summed E-state index contributed by atoms with van der Waals surface area (Å²) in [7, 11) is 0. The Balaban J connectivity index is 1.71. The topological polar surface area (TPSA) is 119 Å². The van der Waals surface area contributed by atoms with E-state index in [9.17, 15) is 9.59 Å². The second-order valence-electron chi connectivity index (χ2n) is 11.2. The average Bonchev–Trinajstić information content (AvgIpc) is 3.06. The van der Waals surface area contributed by atoms with Crippen LogP contribution in [0.1, 0.15) is 90.6 Å². The highest BCUT2D eigenvalue weighted by Gasteiger charge is 2.36. The van der Waals surface area contributed by atoms with Crippen LogP contribution in [0.4, 0.5) is 0 Å². The molecule has 2 aliphatic carbocycles. The molecule has 0 aromatic carbocycles. The third kappa shape index (κ3) is 7.13. The molecule has 5 atom stereocenters. The first-order chi connectivity index (χ1) is 15.9. The highest BCUT2D eigenvalue weighted by atomic mass is 32.2. The number of hydrogen-bond acceptors (Lipinski definition) is 7. The molecule has 2 fully saturated rings. The number of aromatic nitrogens is 1. The van der Waals surface area contributed by atoms with Crippen molar-refractivity contribution in [1.29, 1.82) is 0 Å². The number of carbonyl (C=O) groups is 2. The van der Waals surface area contributed by atoms with Crippen molar-refractivity contribution in [2.75, 3.05) is 6.61 Å². The SMILES string of the molecule is CC1CC2CCCC(NC(=O)c3onc(OCC(C)(C)NC(=O)C(C)N)c3SC(C)C)C(C1)C2. The number of ether oxygens (including phenoxy) is 1. The number of fused-ring (bicyclic) bond motifs is 2. The van der Waals surface area contributed by atoms with E-state index < -0.39 is 11.6 Å². The second kappa shape index (κ2) is 11.3. The van der Waals surface area contributed by atoms with E-state index in [4.69, 9.17) is 15.0 Å². The highest BCUT2D eigenvalue weighted by molar-refractivity contribution is 8.00. The normalized spacial score (nSPS) is 26.0. The molecule has 0 saturated heterocycles. The van der Waals surface area contributed by atoms with Gasteiger partial charge >= 0.3 is 0 Å². The Morgan fingerprint density at radius 1 is 1.24 bits per heavy atom. The number of nitrogens with one attached hydrogen (secondary N) is 2. The third-order valence-electron chi connectivity index (χ3n) is 6.71. The largest absolute Gasteiger partial charge is 0.472 e. The van der Waals surface area contributed by atoms with E-state index in [1.54, 1.807) is 6.92 Å². The molecule has 2 aliphatic rings. The Kier molecular flexibility index (Phi) is 8.95. The van der Waals surface area contributed by atoms with Crippen LogP contribution in [-0.2, 0) is 4.79 Å². The number of hydrogen-bond donors (Lipinski definition) is 3. The minimum absolute atomic E-state index is 0.161. The van der Waals surface area contributed by atoms with Gasteiger partial charge in [0.15, 0.2) is 0 Å². The van der Waals surface area contributed by atoms with Gasteiger partial charge in [-0.15, -0.1) is 11.8 Å². The molecule has 4 N–H and O–H groups in total. The van der Waals surface area contributed by atoms with Crippen LogP contribution < -0.4 is 21.1 Å². The fourth-order valence-electron chi connectivity index (χ4n) is 5.23. The number of nitrogens with zero attached hydrogens (tertiary/aromatic N) is 1. The highest BCUT2D eigenvalue weighted by Crippen LogP contribution is 2.41. The maximum atomic E-state index is 13.3. The number of amides is 2. The van der Waals surface area contributed by atoms with Gasteiger partial charge in [0.1, 0.15) is 11.5 Å². The Labute approximate surface area is 207 Å². The second-order valence-corrected chi connectivity index (χ2v) is 12.8. The maximum absolute atomic E-state index is 13.3. The van der Waals surface area contributed by atoms with Gasteiger partial charge in [-0.3, -0.25) is 9.59 Å². The molecule has 3 rings (SSSR count). The van der Waals surface area contributed by atoms with Crippen LogP contribution in [0, 0.1) is 17.8 Å². The zero-order chi connectivity index (χ0) is 25.0. The van der Waals surface area contributed by atoms with E-state index in [0.29, 0.717) is 16.7 Å². The van der Waals surface area contributed by atoms with Crippen LogP contribution in [0.25, 0.3) is 0 Å². The molecule has 5 unspecified atom stereocenters. The minimum atomic E-state index is -0.666.